The summed E-state index contributed by atoms with van der Waals surface area (Å²) in [6, 6.07) is 10.7. The highest BCUT2D eigenvalue weighted by Gasteiger charge is 2.20. The van der Waals surface area contributed by atoms with Gasteiger partial charge in [-0.2, -0.15) is 0 Å². The summed E-state index contributed by atoms with van der Waals surface area (Å²) in [4.78, 5) is 0. The number of furan rings is 1. The van der Waals surface area contributed by atoms with Crippen molar-refractivity contribution in [2.45, 2.75) is 44.6 Å². The molecule has 3 rings (SSSR count). The first kappa shape index (κ1) is 12.5. The summed E-state index contributed by atoms with van der Waals surface area (Å²) >= 11 is 0. The third-order valence-corrected chi connectivity index (χ3v) is 4.31. The lowest BCUT2D eigenvalue weighted by Crippen LogP contribution is -2.13. The van der Waals surface area contributed by atoms with E-state index in [0.29, 0.717) is 0 Å². The molecule has 2 N–H and O–H groups in total. The van der Waals surface area contributed by atoms with Crippen molar-refractivity contribution in [2.24, 2.45) is 5.73 Å². The average molecular weight is 255 g/mol. The zero-order chi connectivity index (χ0) is 13.2. The molecule has 1 heterocycles. The first-order chi connectivity index (χ1) is 9.29. The molecule has 1 aromatic heterocycles. The average Bonchev–Trinajstić information content (AvgIpc) is 2.85. The van der Waals surface area contributed by atoms with Crippen molar-refractivity contribution in [1.29, 1.82) is 0 Å². The molecule has 2 heteroatoms. The van der Waals surface area contributed by atoms with Gasteiger partial charge in [0.05, 0.1) is 12.3 Å². The number of rotatable bonds is 4. The van der Waals surface area contributed by atoms with Gasteiger partial charge in [0, 0.05) is 12.0 Å². The van der Waals surface area contributed by atoms with Crippen LogP contribution in [0.3, 0.4) is 0 Å². The van der Waals surface area contributed by atoms with E-state index in [1.54, 1.807) is 6.26 Å². The van der Waals surface area contributed by atoms with Crippen molar-refractivity contribution < 1.29 is 4.42 Å². The van der Waals surface area contributed by atoms with Gasteiger partial charge in [0.25, 0.3) is 0 Å². The fourth-order valence-corrected chi connectivity index (χ4v) is 2.81. The Kier molecular flexibility index (Phi) is 3.43. The van der Waals surface area contributed by atoms with E-state index in [0.717, 1.165) is 23.7 Å². The van der Waals surface area contributed by atoms with Crippen LogP contribution in [0.2, 0.25) is 0 Å². The van der Waals surface area contributed by atoms with Crippen molar-refractivity contribution >= 4 is 0 Å². The molecule has 1 aromatic carbocycles. The van der Waals surface area contributed by atoms with Crippen LogP contribution in [0.4, 0.5) is 0 Å². The minimum atomic E-state index is -0.0795. The Labute approximate surface area is 114 Å². The van der Waals surface area contributed by atoms with Gasteiger partial charge >= 0.3 is 0 Å². The van der Waals surface area contributed by atoms with E-state index < -0.39 is 0 Å². The van der Waals surface area contributed by atoms with Crippen LogP contribution >= 0.6 is 0 Å². The van der Waals surface area contributed by atoms with Crippen LogP contribution in [-0.4, -0.2) is 0 Å². The summed E-state index contributed by atoms with van der Waals surface area (Å²) in [5.74, 6) is 1.78. The lowest BCUT2D eigenvalue weighted by atomic mass is 9.79. The smallest absolute Gasteiger partial charge is 0.108 e. The molecule has 1 fully saturated rings. The van der Waals surface area contributed by atoms with Crippen LogP contribution in [0.15, 0.2) is 41.0 Å². The molecule has 1 aliphatic rings. The predicted octanol–water partition coefficient (Wildman–Crippen LogP) is 4.16. The maximum atomic E-state index is 6.35. The van der Waals surface area contributed by atoms with E-state index in [1.165, 1.54) is 30.4 Å². The van der Waals surface area contributed by atoms with Gasteiger partial charge in [-0.1, -0.05) is 37.6 Å². The molecule has 19 heavy (non-hydrogen) atoms. The van der Waals surface area contributed by atoms with Crippen molar-refractivity contribution in [3.05, 3.63) is 59.0 Å². The molecule has 0 amide bonds. The Morgan fingerprint density at radius 3 is 2.53 bits per heavy atom. The molecule has 0 aliphatic heterocycles. The molecular formula is C17H21NO. The summed E-state index contributed by atoms with van der Waals surface area (Å²) in [6.45, 7) is 2.09. The largest absolute Gasteiger partial charge is 0.469 e. The third kappa shape index (κ3) is 2.33. The second-order valence-electron chi connectivity index (χ2n) is 5.42. The van der Waals surface area contributed by atoms with Gasteiger partial charge in [0.15, 0.2) is 0 Å². The monoisotopic (exact) mass is 255 g/mol. The lowest BCUT2D eigenvalue weighted by Gasteiger charge is -2.26. The topological polar surface area (TPSA) is 39.2 Å². The SMILES string of the molecule is CCc1occc1C(N)c1ccc(C2CCC2)cc1. The van der Waals surface area contributed by atoms with Gasteiger partial charge in [-0.25, -0.2) is 0 Å². The van der Waals surface area contributed by atoms with E-state index in [4.69, 9.17) is 10.2 Å². The number of nitrogens with two attached hydrogens (primary N) is 1. The summed E-state index contributed by atoms with van der Waals surface area (Å²) in [5.41, 5.74) is 10.1. The Hall–Kier alpha value is -1.54. The molecule has 0 bridgehead atoms. The van der Waals surface area contributed by atoms with E-state index >= 15 is 0 Å². The quantitative estimate of drug-likeness (QED) is 0.891. The fourth-order valence-electron chi connectivity index (χ4n) is 2.81. The molecule has 100 valence electrons. The van der Waals surface area contributed by atoms with E-state index in [2.05, 4.69) is 31.2 Å². The molecule has 1 unspecified atom stereocenters. The normalized spacial score (nSPS) is 17.2. The highest BCUT2D eigenvalue weighted by atomic mass is 16.3. The second kappa shape index (κ2) is 5.22. The molecule has 0 spiro atoms. The second-order valence-corrected chi connectivity index (χ2v) is 5.42. The Bertz CT molecular complexity index is 537. The van der Waals surface area contributed by atoms with E-state index in [9.17, 15) is 0 Å². The van der Waals surface area contributed by atoms with Crippen molar-refractivity contribution in [1.82, 2.24) is 0 Å². The molecule has 0 radical (unpaired) electrons. The van der Waals surface area contributed by atoms with Crippen molar-refractivity contribution in [3.63, 3.8) is 0 Å². The zero-order valence-electron chi connectivity index (χ0n) is 11.4. The van der Waals surface area contributed by atoms with Crippen LogP contribution in [-0.2, 0) is 6.42 Å². The highest BCUT2D eigenvalue weighted by molar-refractivity contribution is 5.35. The Morgan fingerprint density at radius 1 is 1.21 bits per heavy atom. The maximum absolute atomic E-state index is 6.35. The minimum Gasteiger partial charge on any atom is -0.469 e. The maximum Gasteiger partial charge on any atom is 0.108 e. The zero-order valence-corrected chi connectivity index (χ0v) is 11.4. The van der Waals surface area contributed by atoms with Crippen LogP contribution in [0.25, 0.3) is 0 Å². The summed E-state index contributed by atoms with van der Waals surface area (Å²) < 4.78 is 5.46. The third-order valence-electron chi connectivity index (χ3n) is 4.31. The minimum absolute atomic E-state index is 0.0795. The number of hydrogen-bond acceptors (Lipinski definition) is 2. The first-order valence-electron chi connectivity index (χ1n) is 7.21. The van der Waals surface area contributed by atoms with Gasteiger partial charge in [0.1, 0.15) is 5.76 Å². The molecule has 1 atom stereocenters. The molecule has 1 saturated carbocycles. The summed E-state index contributed by atoms with van der Waals surface area (Å²) in [7, 11) is 0. The molecule has 2 nitrogen and oxygen atoms in total. The Morgan fingerprint density at radius 2 is 1.95 bits per heavy atom. The standard InChI is InChI=1S/C17H21NO/c1-2-16-15(10-11-19-16)17(18)14-8-6-13(7-9-14)12-4-3-5-12/h6-12,17H,2-5,18H2,1H3. The molecule has 1 aliphatic carbocycles. The predicted molar refractivity (Wildman–Crippen MR) is 77.2 cm³/mol. The lowest BCUT2D eigenvalue weighted by molar-refractivity contribution is 0.419. The van der Waals surface area contributed by atoms with Crippen LogP contribution < -0.4 is 5.73 Å². The van der Waals surface area contributed by atoms with Gasteiger partial charge in [-0.15, -0.1) is 0 Å². The highest BCUT2D eigenvalue weighted by Crippen LogP contribution is 2.36. The molecular weight excluding hydrogens is 234 g/mol. The summed E-state index contributed by atoms with van der Waals surface area (Å²) in [5, 5.41) is 0. The fraction of sp³-hybridized carbons (Fsp3) is 0.412. The van der Waals surface area contributed by atoms with E-state index in [1.807, 2.05) is 6.07 Å². The van der Waals surface area contributed by atoms with Gasteiger partial charge in [-0.05, 0) is 36.0 Å². The van der Waals surface area contributed by atoms with Gasteiger partial charge in [0.2, 0.25) is 0 Å². The van der Waals surface area contributed by atoms with Gasteiger partial charge in [-0.3, -0.25) is 0 Å². The van der Waals surface area contributed by atoms with Crippen molar-refractivity contribution in [2.75, 3.05) is 0 Å². The number of aryl methyl sites for hydroxylation is 1. The van der Waals surface area contributed by atoms with Crippen LogP contribution in [0, 0.1) is 0 Å². The first-order valence-corrected chi connectivity index (χ1v) is 7.21. The van der Waals surface area contributed by atoms with Crippen LogP contribution in [0.5, 0.6) is 0 Å². The Balaban J connectivity index is 1.81. The molecule has 2 aromatic rings. The van der Waals surface area contributed by atoms with Gasteiger partial charge < -0.3 is 10.2 Å². The van der Waals surface area contributed by atoms with E-state index in [-0.39, 0.29) is 6.04 Å². The van der Waals surface area contributed by atoms with Crippen molar-refractivity contribution in [3.8, 4) is 0 Å². The van der Waals surface area contributed by atoms with Crippen LogP contribution in [0.1, 0.15) is 60.6 Å². The number of hydrogen-bond donors (Lipinski definition) is 1. The molecule has 0 saturated heterocycles. The summed E-state index contributed by atoms with van der Waals surface area (Å²) in [6.07, 6.45) is 6.67. The number of benzene rings is 1.